The van der Waals surface area contributed by atoms with E-state index in [0.29, 0.717) is 12.3 Å². The molecule has 3 nitrogen and oxygen atoms in total. The first-order valence-corrected chi connectivity index (χ1v) is 7.45. The Morgan fingerprint density at radius 1 is 1.40 bits per heavy atom. The fraction of sp³-hybridized carbons (Fsp3) is 0.588. The zero-order valence-electron chi connectivity index (χ0n) is 13.1. The van der Waals surface area contributed by atoms with Crippen molar-refractivity contribution in [1.29, 1.82) is 0 Å². The summed E-state index contributed by atoms with van der Waals surface area (Å²) in [6.07, 6.45) is 2.56. The summed E-state index contributed by atoms with van der Waals surface area (Å²) in [6, 6.07) is 5.85. The lowest BCUT2D eigenvalue weighted by molar-refractivity contribution is -0.119. The smallest absolute Gasteiger partial charge is 0.227 e. The fourth-order valence-electron chi connectivity index (χ4n) is 3.25. The molecule has 0 aliphatic carbocycles. The Labute approximate surface area is 122 Å². The van der Waals surface area contributed by atoms with Gasteiger partial charge < -0.3 is 10.6 Å². The van der Waals surface area contributed by atoms with Gasteiger partial charge in [0.25, 0.3) is 0 Å². The molecule has 110 valence electrons. The molecule has 1 atom stereocenters. The van der Waals surface area contributed by atoms with Crippen molar-refractivity contribution in [1.82, 2.24) is 0 Å². The third-order valence-corrected chi connectivity index (χ3v) is 3.85. The second kappa shape index (κ2) is 5.47. The molecule has 0 radical (unpaired) electrons. The lowest BCUT2D eigenvalue weighted by Crippen LogP contribution is -2.30. The van der Waals surface area contributed by atoms with Gasteiger partial charge in [0, 0.05) is 29.9 Å². The quantitative estimate of drug-likeness (QED) is 0.856. The Morgan fingerprint density at radius 3 is 2.75 bits per heavy atom. The number of amides is 1. The average Bonchev–Trinajstić information content (AvgIpc) is 2.71. The fourth-order valence-corrected chi connectivity index (χ4v) is 3.25. The van der Waals surface area contributed by atoms with Crippen LogP contribution in [0.3, 0.4) is 0 Å². The van der Waals surface area contributed by atoms with Crippen molar-refractivity contribution in [3.8, 4) is 0 Å². The molecule has 0 fully saturated rings. The molecule has 1 aromatic carbocycles. The number of rotatable bonds is 3. The monoisotopic (exact) mass is 274 g/mol. The van der Waals surface area contributed by atoms with Crippen molar-refractivity contribution in [2.75, 3.05) is 17.2 Å². The van der Waals surface area contributed by atoms with E-state index in [1.165, 1.54) is 0 Å². The van der Waals surface area contributed by atoms with Crippen LogP contribution in [0.2, 0.25) is 0 Å². The van der Waals surface area contributed by atoms with Gasteiger partial charge in [0.1, 0.15) is 0 Å². The Balaban J connectivity index is 2.04. The second-order valence-electron chi connectivity index (χ2n) is 7.21. The SMILES string of the molecule is CC(CC(=O)N1CCc2c(N)cccc21)CC(C)(C)C. The highest BCUT2D eigenvalue weighted by Crippen LogP contribution is 2.33. The third kappa shape index (κ3) is 3.33. The predicted molar refractivity (Wildman–Crippen MR) is 84.8 cm³/mol. The molecule has 0 aromatic heterocycles. The minimum absolute atomic E-state index is 0.228. The zero-order chi connectivity index (χ0) is 14.9. The maximum atomic E-state index is 12.5. The molecule has 2 rings (SSSR count). The van der Waals surface area contributed by atoms with Gasteiger partial charge in [0.15, 0.2) is 0 Å². The van der Waals surface area contributed by atoms with Gasteiger partial charge in [-0.25, -0.2) is 0 Å². The number of anilines is 2. The van der Waals surface area contributed by atoms with Crippen LogP contribution in [0.5, 0.6) is 0 Å². The molecule has 1 aliphatic heterocycles. The Bertz CT molecular complexity index is 502. The minimum atomic E-state index is 0.228. The van der Waals surface area contributed by atoms with Crippen LogP contribution in [0.15, 0.2) is 18.2 Å². The average molecular weight is 274 g/mol. The molecule has 1 aromatic rings. The first-order valence-electron chi connectivity index (χ1n) is 7.45. The van der Waals surface area contributed by atoms with Crippen molar-refractivity contribution in [3.63, 3.8) is 0 Å². The van der Waals surface area contributed by atoms with Gasteiger partial charge in [-0.15, -0.1) is 0 Å². The van der Waals surface area contributed by atoms with Crippen LogP contribution in [-0.2, 0) is 11.2 Å². The van der Waals surface area contributed by atoms with Crippen LogP contribution in [0.4, 0.5) is 11.4 Å². The van der Waals surface area contributed by atoms with Gasteiger partial charge in [-0.3, -0.25) is 4.79 Å². The van der Waals surface area contributed by atoms with Crippen molar-refractivity contribution in [3.05, 3.63) is 23.8 Å². The normalized spacial score (nSPS) is 16.1. The highest BCUT2D eigenvalue weighted by molar-refractivity contribution is 5.96. The summed E-state index contributed by atoms with van der Waals surface area (Å²) in [7, 11) is 0. The molecule has 3 heteroatoms. The van der Waals surface area contributed by atoms with E-state index in [0.717, 1.165) is 36.3 Å². The van der Waals surface area contributed by atoms with Crippen LogP contribution >= 0.6 is 0 Å². The Morgan fingerprint density at radius 2 is 2.10 bits per heavy atom. The maximum Gasteiger partial charge on any atom is 0.227 e. The van der Waals surface area contributed by atoms with Crippen LogP contribution in [0, 0.1) is 11.3 Å². The van der Waals surface area contributed by atoms with Gasteiger partial charge >= 0.3 is 0 Å². The van der Waals surface area contributed by atoms with Crippen molar-refractivity contribution in [2.45, 2.75) is 47.0 Å². The summed E-state index contributed by atoms with van der Waals surface area (Å²) in [5.74, 6) is 0.638. The van der Waals surface area contributed by atoms with Crippen LogP contribution in [0.25, 0.3) is 0 Å². The summed E-state index contributed by atoms with van der Waals surface area (Å²) in [6.45, 7) is 9.60. The largest absolute Gasteiger partial charge is 0.398 e. The van der Waals surface area contributed by atoms with E-state index in [-0.39, 0.29) is 11.3 Å². The first-order chi connectivity index (χ1) is 9.28. The Hall–Kier alpha value is -1.51. The molecule has 1 unspecified atom stereocenters. The summed E-state index contributed by atoms with van der Waals surface area (Å²) < 4.78 is 0. The van der Waals surface area contributed by atoms with E-state index in [9.17, 15) is 4.79 Å². The molecular weight excluding hydrogens is 248 g/mol. The van der Waals surface area contributed by atoms with Crippen molar-refractivity contribution in [2.24, 2.45) is 11.3 Å². The number of fused-ring (bicyclic) bond motifs is 1. The molecule has 0 saturated carbocycles. The summed E-state index contributed by atoms with van der Waals surface area (Å²) in [4.78, 5) is 14.4. The molecule has 2 N–H and O–H groups in total. The lowest BCUT2D eigenvalue weighted by atomic mass is 9.84. The van der Waals surface area contributed by atoms with E-state index in [4.69, 9.17) is 5.73 Å². The van der Waals surface area contributed by atoms with E-state index in [1.807, 2.05) is 23.1 Å². The van der Waals surface area contributed by atoms with Crippen molar-refractivity contribution >= 4 is 17.3 Å². The number of nitrogen functional groups attached to an aromatic ring is 1. The van der Waals surface area contributed by atoms with E-state index < -0.39 is 0 Å². The summed E-state index contributed by atoms with van der Waals surface area (Å²) in [5, 5.41) is 0. The van der Waals surface area contributed by atoms with Gasteiger partial charge in [-0.1, -0.05) is 33.8 Å². The van der Waals surface area contributed by atoms with E-state index >= 15 is 0 Å². The molecule has 1 aliphatic rings. The molecule has 0 spiro atoms. The summed E-state index contributed by atoms with van der Waals surface area (Å²) >= 11 is 0. The predicted octanol–water partition coefficient (Wildman–Crippen LogP) is 3.62. The van der Waals surface area contributed by atoms with Gasteiger partial charge in [-0.05, 0) is 36.3 Å². The van der Waals surface area contributed by atoms with Crippen LogP contribution < -0.4 is 10.6 Å². The summed E-state index contributed by atoms with van der Waals surface area (Å²) in [5.41, 5.74) is 9.20. The first kappa shape index (κ1) is 14.9. The zero-order valence-corrected chi connectivity index (χ0v) is 13.1. The standard InChI is InChI=1S/C17H26N2O/c1-12(11-17(2,3)4)10-16(20)19-9-8-13-14(18)6-5-7-15(13)19/h5-7,12H,8-11,18H2,1-4H3. The number of carbonyl (C=O) groups excluding carboxylic acids is 1. The van der Waals surface area contributed by atoms with Crippen molar-refractivity contribution < 1.29 is 4.79 Å². The second-order valence-corrected chi connectivity index (χ2v) is 7.21. The highest BCUT2D eigenvalue weighted by atomic mass is 16.2. The number of benzene rings is 1. The minimum Gasteiger partial charge on any atom is -0.398 e. The number of hydrogen-bond acceptors (Lipinski definition) is 2. The number of carbonyl (C=O) groups is 1. The highest BCUT2D eigenvalue weighted by Gasteiger charge is 2.27. The molecular formula is C17H26N2O. The molecule has 20 heavy (non-hydrogen) atoms. The van der Waals surface area contributed by atoms with Gasteiger partial charge in [-0.2, -0.15) is 0 Å². The third-order valence-electron chi connectivity index (χ3n) is 3.85. The lowest BCUT2D eigenvalue weighted by Gasteiger charge is -2.25. The molecule has 1 heterocycles. The van der Waals surface area contributed by atoms with Gasteiger partial charge in [0.05, 0.1) is 0 Å². The molecule has 0 bridgehead atoms. The van der Waals surface area contributed by atoms with Gasteiger partial charge in [0.2, 0.25) is 5.91 Å². The molecule has 1 amide bonds. The van der Waals surface area contributed by atoms with E-state index in [2.05, 4.69) is 27.7 Å². The van der Waals surface area contributed by atoms with Crippen LogP contribution in [0.1, 0.15) is 46.1 Å². The Kier molecular flexibility index (Phi) is 4.07. The number of nitrogens with two attached hydrogens (primary N) is 1. The number of hydrogen-bond donors (Lipinski definition) is 1. The number of nitrogens with zero attached hydrogens (tertiary/aromatic N) is 1. The maximum absolute atomic E-state index is 12.5. The molecule has 0 saturated heterocycles. The van der Waals surface area contributed by atoms with Crippen LogP contribution in [-0.4, -0.2) is 12.5 Å². The topological polar surface area (TPSA) is 46.3 Å². The van der Waals surface area contributed by atoms with E-state index in [1.54, 1.807) is 0 Å².